The van der Waals surface area contributed by atoms with Crippen LogP contribution < -0.4 is 10.1 Å². The van der Waals surface area contributed by atoms with E-state index in [1.165, 1.54) is 11.1 Å². The van der Waals surface area contributed by atoms with E-state index in [-0.39, 0.29) is 0 Å². The van der Waals surface area contributed by atoms with Gasteiger partial charge in [-0.25, -0.2) is 0 Å². The molecule has 3 heteroatoms. The van der Waals surface area contributed by atoms with Gasteiger partial charge in [0.15, 0.2) is 0 Å². The first-order valence-electron chi connectivity index (χ1n) is 7.13. The molecule has 0 aliphatic carbocycles. The third kappa shape index (κ3) is 1.70. The quantitative estimate of drug-likeness (QED) is 0.879. The Balaban J connectivity index is 1.81. The number of fused-ring (bicyclic) bond motifs is 2. The van der Waals surface area contributed by atoms with E-state index in [1.807, 2.05) is 24.3 Å². The molecule has 1 atom stereocenters. The summed E-state index contributed by atoms with van der Waals surface area (Å²) >= 11 is 0. The maximum absolute atomic E-state index is 10.8. The second-order valence-electron chi connectivity index (χ2n) is 5.39. The molecule has 1 unspecified atom stereocenters. The SMILES string of the molecule is OC(c1cccc2c1NCC2)c1cccc2c1OCC2. The summed E-state index contributed by atoms with van der Waals surface area (Å²) in [6, 6.07) is 12.2. The monoisotopic (exact) mass is 267 g/mol. The van der Waals surface area contributed by atoms with Crippen LogP contribution in [0.1, 0.15) is 28.4 Å². The fourth-order valence-corrected chi connectivity index (χ4v) is 3.22. The van der Waals surface area contributed by atoms with Gasteiger partial charge in [-0.2, -0.15) is 0 Å². The van der Waals surface area contributed by atoms with Crippen LogP contribution in [0, 0.1) is 0 Å². The number of hydrogen-bond donors (Lipinski definition) is 2. The molecule has 2 heterocycles. The summed E-state index contributed by atoms with van der Waals surface area (Å²) in [5.74, 6) is 0.871. The average Bonchev–Trinajstić information content (AvgIpc) is 3.13. The van der Waals surface area contributed by atoms with E-state index in [0.29, 0.717) is 6.61 Å². The van der Waals surface area contributed by atoms with Gasteiger partial charge in [-0.05, 0) is 17.5 Å². The zero-order valence-corrected chi connectivity index (χ0v) is 11.2. The van der Waals surface area contributed by atoms with Crippen molar-refractivity contribution in [1.82, 2.24) is 0 Å². The van der Waals surface area contributed by atoms with Gasteiger partial charge < -0.3 is 15.2 Å². The van der Waals surface area contributed by atoms with Crippen molar-refractivity contribution in [2.45, 2.75) is 18.9 Å². The van der Waals surface area contributed by atoms with Crippen LogP contribution in [0.25, 0.3) is 0 Å². The molecule has 0 spiro atoms. The summed E-state index contributed by atoms with van der Waals surface area (Å²) in [5.41, 5.74) is 5.40. The highest BCUT2D eigenvalue weighted by Gasteiger charge is 2.25. The van der Waals surface area contributed by atoms with Gasteiger partial charge in [0.2, 0.25) is 0 Å². The van der Waals surface area contributed by atoms with E-state index >= 15 is 0 Å². The van der Waals surface area contributed by atoms with Crippen LogP contribution in [-0.4, -0.2) is 18.3 Å². The second-order valence-corrected chi connectivity index (χ2v) is 5.39. The van der Waals surface area contributed by atoms with Crippen LogP contribution in [0.15, 0.2) is 36.4 Å². The van der Waals surface area contributed by atoms with Gasteiger partial charge in [-0.15, -0.1) is 0 Å². The Morgan fingerprint density at radius 3 is 2.70 bits per heavy atom. The van der Waals surface area contributed by atoms with Crippen molar-refractivity contribution in [3.05, 3.63) is 58.7 Å². The first kappa shape index (κ1) is 11.8. The highest BCUT2D eigenvalue weighted by atomic mass is 16.5. The molecule has 2 aliphatic heterocycles. The molecule has 0 amide bonds. The minimum atomic E-state index is -0.636. The van der Waals surface area contributed by atoms with E-state index in [9.17, 15) is 5.11 Å². The second kappa shape index (κ2) is 4.53. The number of rotatable bonds is 2. The zero-order chi connectivity index (χ0) is 13.5. The van der Waals surface area contributed by atoms with Crippen LogP contribution in [0.5, 0.6) is 5.75 Å². The minimum Gasteiger partial charge on any atom is -0.493 e. The van der Waals surface area contributed by atoms with Crippen LogP contribution in [0.4, 0.5) is 5.69 Å². The van der Waals surface area contributed by atoms with Gasteiger partial charge in [-0.3, -0.25) is 0 Å². The minimum absolute atomic E-state index is 0.636. The Kier molecular flexibility index (Phi) is 2.67. The van der Waals surface area contributed by atoms with Crippen molar-refractivity contribution in [3.8, 4) is 5.75 Å². The third-order valence-electron chi connectivity index (χ3n) is 4.21. The molecule has 2 aromatic carbocycles. The lowest BCUT2D eigenvalue weighted by Crippen LogP contribution is -2.05. The molecule has 0 saturated heterocycles. The molecule has 0 fully saturated rings. The number of benzene rings is 2. The molecular formula is C17H17NO2. The first-order valence-corrected chi connectivity index (χ1v) is 7.13. The lowest BCUT2D eigenvalue weighted by molar-refractivity contribution is 0.214. The van der Waals surface area contributed by atoms with Crippen molar-refractivity contribution in [2.24, 2.45) is 0 Å². The third-order valence-corrected chi connectivity index (χ3v) is 4.21. The predicted molar refractivity (Wildman–Crippen MR) is 78.3 cm³/mol. The Bertz CT molecular complexity index is 609. The van der Waals surface area contributed by atoms with Gasteiger partial charge >= 0.3 is 0 Å². The molecule has 102 valence electrons. The van der Waals surface area contributed by atoms with Crippen LogP contribution >= 0.6 is 0 Å². The van der Waals surface area contributed by atoms with Gasteiger partial charge in [0.25, 0.3) is 0 Å². The van der Waals surface area contributed by atoms with Gasteiger partial charge in [0.05, 0.1) is 6.61 Å². The molecule has 0 aromatic heterocycles. The van der Waals surface area contributed by atoms with Crippen LogP contribution in [-0.2, 0) is 12.8 Å². The van der Waals surface area contributed by atoms with Crippen LogP contribution in [0.2, 0.25) is 0 Å². The van der Waals surface area contributed by atoms with E-state index in [4.69, 9.17) is 4.74 Å². The Hall–Kier alpha value is -2.00. The normalized spacial score (nSPS) is 17.1. The largest absolute Gasteiger partial charge is 0.493 e. The molecule has 2 N–H and O–H groups in total. The molecule has 0 bridgehead atoms. The first-order chi connectivity index (χ1) is 9.84. The predicted octanol–water partition coefficient (Wildman–Crippen LogP) is 2.67. The van der Waals surface area contributed by atoms with E-state index < -0.39 is 6.10 Å². The molecule has 2 aromatic rings. The van der Waals surface area contributed by atoms with Crippen molar-refractivity contribution < 1.29 is 9.84 Å². The van der Waals surface area contributed by atoms with Crippen LogP contribution in [0.3, 0.4) is 0 Å². The van der Waals surface area contributed by atoms with Gasteiger partial charge in [0.1, 0.15) is 11.9 Å². The van der Waals surface area contributed by atoms with Crippen molar-refractivity contribution in [2.75, 3.05) is 18.5 Å². The van der Waals surface area contributed by atoms with E-state index in [0.717, 1.165) is 42.0 Å². The fourth-order valence-electron chi connectivity index (χ4n) is 3.22. The number of aliphatic hydroxyl groups is 1. The number of para-hydroxylation sites is 2. The fraction of sp³-hybridized carbons (Fsp3) is 0.294. The molecule has 4 rings (SSSR count). The molecule has 2 aliphatic rings. The molecule has 20 heavy (non-hydrogen) atoms. The summed E-state index contributed by atoms with van der Waals surface area (Å²) in [6.45, 7) is 1.66. The van der Waals surface area contributed by atoms with Crippen molar-refractivity contribution in [1.29, 1.82) is 0 Å². The van der Waals surface area contributed by atoms with Gasteiger partial charge in [0, 0.05) is 29.8 Å². The Labute approximate surface area is 118 Å². The van der Waals surface area contributed by atoms with Gasteiger partial charge in [-0.1, -0.05) is 36.4 Å². The molecule has 0 radical (unpaired) electrons. The Morgan fingerprint density at radius 2 is 1.80 bits per heavy atom. The van der Waals surface area contributed by atoms with Crippen molar-refractivity contribution in [3.63, 3.8) is 0 Å². The number of hydrogen-bond acceptors (Lipinski definition) is 3. The topological polar surface area (TPSA) is 41.5 Å². The van der Waals surface area contributed by atoms with E-state index in [2.05, 4.69) is 17.4 Å². The maximum Gasteiger partial charge on any atom is 0.128 e. The molecule has 0 saturated carbocycles. The number of nitrogens with one attached hydrogen (secondary N) is 1. The lowest BCUT2D eigenvalue weighted by Gasteiger charge is -2.18. The summed E-state index contributed by atoms with van der Waals surface area (Å²) in [6.07, 6.45) is 1.32. The summed E-state index contributed by atoms with van der Waals surface area (Å²) in [7, 11) is 0. The molecule has 3 nitrogen and oxygen atoms in total. The standard InChI is InChI=1S/C17H17NO2/c19-16(13-5-1-3-11-7-9-18-15(11)13)14-6-2-4-12-8-10-20-17(12)14/h1-6,16,18-19H,7-10H2. The number of anilines is 1. The van der Waals surface area contributed by atoms with E-state index in [1.54, 1.807) is 0 Å². The molecular weight excluding hydrogens is 250 g/mol. The smallest absolute Gasteiger partial charge is 0.128 e. The lowest BCUT2D eigenvalue weighted by atomic mass is 9.95. The van der Waals surface area contributed by atoms with Crippen molar-refractivity contribution >= 4 is 5.69 Å². The summed E-state index contributed by atoms with van der Waals surface area (Å²) < 4.78 is 5.71. The Morgan fingerprint density at radius 1 is 1.00 bits per heavy atom. The average molecular weight is 267 g/mol. The highest BCUT2D eigenvalue weighted by Crippen LogP contribution is 2.39. The number of ether oxygens (including phenoxy) is 1. The summed E-state index contributed by atoms with van der Waals surface area (Å²) in [4.78, 5) is 0. The number of aliphatic hydroxyl groups excluding tert-OH is 1. The zero-order valence-electron chi connectivity index (χ0n) is 11.2. The summed E-state index contributed by atoms with van der Waals surface area (Å²) in [5, 5.41) is 14.2. The highest BCUT2D eigenvalue weighted by molar-refractivity contribution is 5.64. The maximum atomic E-state index is 10.8.